The maximum atomic E-state index is 12.8. The first-order chi connectivity index (χ1) is 11.4. The lowest BCUT2D eigenvalue weighted by atomic mass is 10.1. The highest BCUT2D eigenvalue weighted by Gasteiger charge is 2.34. The molecule has 126 valence electrons. The van der Waals surface area contributed by atoms with Crippen molar-refractivity contribution in [2.24, 2.45) is 0 Å². The number of hydrogen-bond acceptors (Lipinski definition) is 4. The number of esters is 1. The summed E-state index contributed by atoms with van der Waals surface area (Å²) < 4.78 is 10.7. The van der Waals surface area contributed by atoms with Gasteiger partial charge >= 0.3 is 5.97 Å². The zero-order valence-corrected chi connectivity index (χ0v) is 14.3. The van der Waals surface area contributed by atoms with Crippen molar-refractivity contribution in [1.29, 1.82) is 0 Å². The Balaban J connectivity index is 1.76. The maximum absolute atomic E-state index is 12.8. The summed E-state index contributed by atoms with van der Waals surface area (Å²) in [5, 5.41) is 0. The number of benzene rings is 1. The molecule has 2 heterocycles. The van der Waals surface area contributed by atoms with Gasteiger partial charge in [-0.05, 0) is 51.8 Å². The number of aryl methyl sites for hydroxylation is 2. The summed E-state index contributed by atoms with van der Waals surface area (Å²) in [6.07, 6.45) is -0.0523. The lowest BCUT2D eigenvalue weighted by Crippen LogP contribution is -2.43. The number of carbonyl (C=O) groups is 2. The van der Waals surface area contributed by atoms with Crippen LogP contribution in [-0.2, 0) is 16.0 Å². The first-order valence-corrected chi connectivity index (χ1v) is 8.07. The Morgan fingerprint density at radius 2 is 2.00 bits per heavy atom. The van der Waals surface area contributed by atoms with E-state index in [1.54, 1.807) is 31.7 Å². The van der Waals surface area contributed by atoms with Gasteiger partial charge in [-0.25, -0.2) is 4.79 Å². The van der Waals surface area contributed by atoms with Crippen LogP contribution in [0.5, 0.6) is 0 Å². The number of rotatable bonds is 3. The molecule has 2 atom stereocenters. The van der Waals surface area contributed by atoms with Crippen LogP contribution in [0.15, 0.2) is 34.7 Å². The first kappa shape index (κ1) is 16.3. The molecule has 5 heteroatoms. The molecule has 1 aromatic carbocycles. The van der Waals surface area contributed by atoms with E-state index in [1.807, 2.05) is 31.2 Å². The third-order valence-electron chi connectivity index (χ3n) is 4.34. The van der Waals surface area contributed by atoms with Crippen LogP contribution in [0.3, 0.4) is 0 Å². The molecule has 2 aromatic rings. The van der Waals surface area contributed by atoms with Crippen LogP contribution >= 0.6 is 0 Å². The van der Waals surface area contributed by atoms with Crippen LogP contribution in [0.2, 0.25) is 0 Å². The molecule has 0 spiro atoms. The van der Waals surface area contributed by atoms with Crippen molar-refractivity contribution in [3.05, 3.63) is 53.0 Å². The Labute approximate surface area is 141 Å². The second-order valence-corrected chi connectivity index (χ2v) is 6.26. The second kappa shape index (κ2) is 6.15. The Kier molecular flexibility index (Phi) is 4.18. The smallest absolute Gasteiger partial charge is 0.342 e. The molecule has 0 saturated carbocycles. The molecule has 1 aromatic heterocycles. The molecule has 3 rings (SSSR count). The molecule has 1 aliphatic rings. The van der Waals surface area contributed by atoms with Gasteiger partial charge in [0, 0.05) is 11.7 Å². The number of furan rings is 1. The van der Waals surface area contributed by atoms with Crippen LogP contribution in [-0.4, -0.2) is 24.0 Å². The monoisotopic (exact) mass is 327 g/mol. The fourth-order valence-corrected chi connectivity index (χ4v) is 3.21. The molecule has 0 fully saturated rings. The van der Waals surface area contributed by atoms with Crippen molar-refractivity contribution in [3.63, 3.8) is 0 Å². The van der Waals surface area contributed by atoms with E-state index in [0.29, 0.717) is 17.1 Å². The lowest BCUT2D eigenvalue weighted by molar-refractivity contribution is -0.126. The molecule has 5 nitrogen and oxygen atoms in total. The number of nitrogens with zero attached hydrogens (tertiary/aromatic N) is 1. The largest absolute Gasteiger partial charge is 0.466 e. The summed E-state index contributed by atoms with van der Waals surface area (Å²) in [5.74, 6) is 0.390. The first-order valence-electron chi connectivity index (χ1n) is 8.07. The molecule has 0 unspecified atom stereocenters. The standard InChI is InChI=1S/C19H21NO4/c1-11-9-15-7-5-6-8-17(15)20(11)18(21)14(4)24-19(22)16-10-12(2)23-13(16)3/h5-8,10-11,14H,9H2,1-4H3/t11-,14-/m1/s1. The van der Waals surface area contributed by atoms with Gasteiger partial charge in [0.2, 0.25) is 0 Å². The molecule has 0 aliphatic carbocycles. The summed E-state index contributed by atoms with van der Waals surface area (Å²) in [7, 11) is 0. The minimum Gasteiger partial charge on any atom is -0.466 e. The van der Waals surface area contributed by atoms with Gasteiger partial charge in [0.15, 0.2) is 6.10 Å². The second-order valence-electron chi connectivity index (χ2n) is 6.26. The highest BCUT2D eigenvalue weighted by atomic mass is 16.5. The summed E-state index contributed by atoms with van der Waals surface area (Å²) in [6, 6.07) is 9.50. The van der Waals surface area contributed by atoms with Crippen LogP contribution in [0.25, 0.3) is 0 Å². The molecule has 1 aliphatic heterocycles. The minimum absolute atomic E-state index is 0.0500. The highest BCUT2D eigenvalue weighted by molar-refractivity contribution is 6.01. The van der Waals surface area contributed by atoms with Gasteiger partial charge in [-0.2, -0.15) is 0 Å². The molecule has 0 radical (unpaired) electrons. The van der Waals surface area contributed by atoms with Crippen LogP contribution < -0.4 is 4.90 Å². The summed E-state index contributed by atoms with van der Waals surface area (Å²) in [6.45, 7) is 7.07. The lowest BCUT2D eigenvalue weighted by Gasteiger charge is -2.25. The van der Waals surface area contributed by atoms with E-state index in [9.17, 15) is 9.59 Å². The van der Waals surface area contributed by atoms with Crippen molar-refractivity contribution in [3.8, 4) is 0 Å². The summed E-state index contributed by atoms with van der Waals surface area (Å²) in [4.78, 5) is 26.8. The number of carbonyl (C=O) groups excluding carboxylic acids is 2. The van der Waals surface area contributed by atoms with E-state index in [4.69, 9.17) is 9.15 Å². The third kappa shape index (κ3) is 2.82. The number of fused-ring (bicyclic) bond motifs is 1. The Bertz CT molecular complexity index is 792. The maximum Gasteiger partial charge on any atom is 0.342 e. The number of anilines is 1. The molecular formula is C19H21NO4. The van der Waals surface area contributed by atoms with Crippen molar-refractivity contribution >= 4 is 17.6 Å². The van der Waals surface area contributed by atoms with Gasteiger partial charge in [0.25, 0.3) is 5.91 Å². The highest BCUT2D eigenvalue weighted by Crippen LogP contribution is 2.32. The predicted octanol–water partition coefficient (Wildman–Crippen LogP) is 3.42. The van der Waals surface area contributed by atoms with Crippen molar-refractivity contribution in [2.45, 2.75) is 46.3 Å². The summed E-state index contributed by atoms with van der Waals surface area (Å²) >= 11 is 0. The van der Waals surface area contributed by atoms with Gasteiger partial charge in [-0.15, -0.1) is 0 Å². The number of ether oxygens (including phenoxy) is 1. The van der Waals surface area contributed by atoms with E-state index in [2.05, 4.69) is 0 Å². The minimum atomic E-state index is -0.860. The van der Waals surface area contributed by atoms with Crippen LogP contribution in [0.1, 0.15) is 41.3 Å². The zero-order chi connectivity index (χ0) is 17.4. The van der Waals surface area contributed by atoms with E-state index >= 15 is 0 Å². The van der Waals surface area contributed by atoms with Crippen molar-refractivity contribution < 1.29 is 18.7 Å². The zero-order valence-electron chi connectivity index (χ0n) is 14.3. The molecule has 24 heavy (non-hydrogen) atoms. The van der Waals surface area contributed by atoms with Crippen molar-refractivity contribution in [2.75, 3.05) is 4.90 Å². The fraction of sp³-hybridized carbons (Fsp3) is 0.368. The topological polar surface area (TPSA) is 59.8 Å². The Morgan fingerprint density at radius 3 is 2.67 bits per heavy atom. The number of hydrogen-bond donors (Lipinski definition) is 0. The Morgan fingerprint density at radius 1 is 1.29 bits per heavy atom. The average molecular weight is 327 g/mol. The van der Waals surface area contributed by atoms with Gasteiger partial charge in [-0.1, -0.05) is 18.2 Å². The SMILES string of the molecule is Cc1cc(C(=O)O[C@H](C)C(=O)N2c3ccccc3C[C@H]2C)c(C)o1. The van der Waals surface area contributed by atoms with Crippen LogP contribution in [0.4, 0.5) is 5.69 Å². The van der Waals surface area contributed by atoms with E-state index < -0.39 is 12.1 Å². The number of amides is 1. The van der Waals surface area contributed by atoms with E-state index in [1.165, 1.54) is 0 Å². The van der Waals surface area contributed by atoms with Crippen molar-refractivity contribution in [1.82, 2.24) is 0 Å². The van der Waals surface area contributed by atoms with Gasteiger partial charge < -0.3 is 14.1 Å². The molecule has 0 saturated heterocycles. The quantitative estimate of drug-likeness (QED) is 0.811. The van der Waals surface area contributed by atoms with E-state index in [0.717, 1.165) is 17.7 Å². The molecule has 0 bridgehead atoms. The fourth-order valence-electron chi connectivity index (χ4n) is 3.21. The molecular weight excluding hydrogens is 306 g/mol. The third-order valence-corrected chi connectivity index (χ3v) is 4.34. The molecule has 0 N–H and O–H groups in total. The summed E-state index contributed by atoms with van der Waals surface area (Å²) in [5.41, 5.74) is 2.40. The van der Waals surface area contributed by atoms with E-state index in [-0.39, 0.29) is 11.9 Å². The van der Waals surface area contributed by atoms with Crippen LogP contribution in [0, 0.1) is 13.8 Å². The van der Waals surface area contributed by atoms with Gasteiger partial charge in [0.05, 0.1) is 0 Å². The van der Waals surface area contributed by atoms with Gasteiger partial charge in [0.1, 0.15) is 17.1 Å². The molecule has 1 amide bonds. The van der Waals surface area contributed by atoms with Gasteiger partial charge in [-0.3, -0.25) is 4.79 Å². The predicted molar refractivity (Wildman–Crippen MR) is 90.2 cm³/mol. The normalized spacial score (nSPS) is 17.5. The average Bonchev–Trinajstić information content (AvgIpc) is 3.04. The number of para-hydroxylation sites is 1. The Hall–Kier alpha value is -2.56.